The van der Waals surface area contributed by atoms with Crippen LogP contribution in [0, 0.1) is 0 Å². The summed E-state index contributed by atoms with van der Waals surface area (Å²) in [5.41, 5.74) is 2.00. The van der Waals surface area contributed by atoms with Crippen LogP contribution in [0.2, 0.25) is 0 Å². The molecule has 0 saturated heterocycles. The molecule has 0 atom stereocenters. The Labute approximate surface area is 227 Å². The summed E-state index contributed by atoms with van der Waals surface area (Å²) in [6, 6.07) is 27.9. The highest BCUT2D eigenvalue weighted by Crippen LogP contribution is 2.31. The zero-order valence-electron chi connectivity index (χ0n) is 20.9. The van der Waals surface area contributed by atoms with Crippen LogP contribution >= 0.6 is 11.3 Å². The van der Waals surface area contributed by atoms with Crippen LogP contribution in [-0.4, -0.2) is 32.3 Å². The van der Waals surface area contributed by atoms with E-state index >= 15 is 0 Å². The minimum absolute atomic E-state index is 0.183. The third-order valence-electron chi connectivity index (χ3n) is 6.14. The average molecular weight is 534 g/mol. The number of nitrogens with one attached hydrogen (secondary N) is 2. The number of rotatable bonds is 7. The Morgan fingerprint density at radius 1 is 0.974 bits per heavy atom. The molecule has 0 radical (unpaired) electrons. The number of anilines is 1. The Morgan fingerprint density at radius 3 is 2.59 bits per heavy atom. The smallest absolute Gasteiger partial charge is 0.261 e. The average Bonchev–Trinajstić information content (AvgIpc) is 3.64. The zero-order chi connectivity index (χ0) is 26.8. The van der Waals surface area contributed by atoms with E-state index < -0.39 is 0 Å². The summed E-state index contributed by atoms with van der Waals surface area (Å²) >= 11 is 1.52. The lowest BCUT2D eigenvalue weighted by Crippen LogP contribution is -2.19. The number of carbonyl (C=O) groups is 1. The normalized spacial score (nSPS) is 11.0. The molecule has 3 aromatic heterocycles. The molecular formula is C30H23N5O3S. The summed E-state index contributed by atoms with van der Waals surface area (Å²) in [5.74, 6) is 0.654. The summed E-state index contributed by atoms with van der Waals surface area (Å²) < 4.78 is 7.27. The molecule has 3 aromatic carbocycles. The molecule has 6 aromatic rings. The van der Waals surface area contributed by atoms with Gasteiger partial charge in [0.05, 0.1) is 22.7 Å². The quantitative estimate of drug-likeness (QED) is 0.256. The van der Waals surface area contributed by atoms with Gasteiger partial charge in [-0.05, 0) is 35.2 Å². The number of H-pyrrole nitrogens is 1. The monoisotopic (exact) mass is 533 g/mol. The maximum atomic E-state index is 13.8. The fraction of sp³-hybridized carbons (Fsp3) is 0.0667. The molecule has 8 nitrogen and oxygen atoms in total. The first-order valence-electron chi connectivity index (χ1n) is 12.4. The summed E-state index contributed by atoms with van der Waals surface area (Å²) in [7, 11) is 0. The van der Waals surface area contributed by atoms with Crippen molar-refractivity contribution in [1.82, 2.24) is 19.7 Å². The summed E-state index contributed by atoms with van der Waals surface area (Å²) in [6.07, 6.45) is 0. The topological polar surface area (TPSA) is 102 Å². The van der Waals surface area contributed by atoms with Gasteiger partial charge in [0.15, 0.2) is 0 Å². The number of thiophene rings is 1. The van der Waals surface area contributed by atoms with E-state index in [1.54, 1.807) is 12.1 Å². The van der Waals surface area contributed by atoms with Gasteiger partial charge in [0, 0.05) is 17.7 Å². The molecule has 3 heterocycles. The van der Waals surface area contributed by atoms with Crippen molar-refractivity contribution in [2.45, 2.75) is 6.92 Å². The number of hydrogen-bond donors (Lipinski definition) is 2. The van der Waals surface area contributed by atoms with E-state index in [9.17, 15) is 9.59 Å². The van der Waals surface area contributed by atoms with Gasteiger partial charge in [0.25, 0.3) is 11.5 Å². The van der Waals surface area contributed by atoms with Crippen LogP contribution in [0.25, 0.3) is 38.5 Å². The molecule has 9 heteroatoms. The van der Waals surface area contributed by atoms with E-state index in [-0.39, 0.29) is 17.4 Å². The Hall–Kier alpha value is -5.02. The molecule has 6 rings (SSSR count). The van der Waals surface area contributed by atoms with Crippen LogP contribution < -0.4 is 15.6 Å². The maximum absolute atomic E-state index is 13.8. The van der Waals surface area contributed by atoms with Crippen LogP contribution in [0.15, 0.2) is 101 Å². The number of amides is 1. The highest BCUT2D eigenvalue weighted by atomic mass is 32.1. The van der Waals surface area contributed by atoms with Crippen molar-refractivity contribution in [2.75, 3.05) is 11.9 Å². The van der Waals surface area contributed by atoms with Crippen molar-refractivity contribution < 1.29 is 9.53 Å². The van der Waals surface area contributed by atoms with Gasteiger partial charge in [-0.1, -0.05) is 66.7 Å². The van der Waals surface area contributed by atoms with Gasteiger partial charge in [0.1, 0.15) is 17.3 Å². The minimum Gasteiger partial charge on any atom is -0.493 e. The number of hydrogen-bond acceptors (Lipinski definition) is 6. The molecule has 192 valence electrons. The number of aromatic amines is 1. The summed E-state index contributed by atoms with van der Waals surface area (Å²) in [5, 5.41) is 11.4. The lowest BCUT2D eigenvalue weighted by molar-refractivity contribution is 0.102. The molecule has 39 heavy (non-hydrogen) atoms. The Kier molecular flexibility index (Phi) is 6.48. The minimum atomic E-state index is -0.365. The van der Waals surface area contributed by atoms with Crippen LogP contribution in [0.5, 0.6) is 5.75 Å². The number of fused-ring (bicyclic) bond motifs is 1. The molecule has 0 fully saturated rings. The van der Waals surface area contributed by atoms with E-state index in [4.69, 9.17) is 9.84 Å². The van der Waals surface area contributed by atoms with E-state index in [0.29, 0.717) is 35.1 Å². The number of carbonyl (C=O) groups excluding carboxylic acids is 1. The first-order valence-corrected chi connectivity index (χ1v) is 13.3. The predicted molar refractivity (Wildman–Crippen MR) is 154 cm³/mol. The van der Waals surface area contributed by atoms with Gasteiger partial charge < -0.3 is 10.1 Å². The van der Waals surface area contributed by atoms with Gasteiger partial charge in [-0.3, -0.25) is 14.6 Å². The predicted octanol–water partition coefficient (Wildman–Crippen LogP) is 6.16. The number of benzene rings is 3. The zero-order valence-corrected chi connectivity index (χ0v) is 21.7. The second-order valence-electron chi connectivity index (χ2n) is 8.67. The van der Waals surface area contributed by atoms with Gasteiger partial charge in [0.2, 0.25) is 5.95 Å². The van der Waals surface area contributed by atoms with Crippen molar-refractivity contribution in [3.8, 4) is 33.5 Å². The van der Waals surface area contributed by atoms with Gasteiger partial charge >= 0.3 is 0 Å². The second kappa shape index (κ2) is 10.4. The molecule has 1 amide bonds. The first-order chi connectivity index (χ1) is 19.1. The molecule has 0 aliphatic heterocycles. The molecule has 0 bridgehead atoms. The molecule has 0 spiro atoms. The number of nitrogens with zero attached hydrogens (tertiary/aromatic N) is 3. The molecule has 0 saturated carbocycles. The molecule has 0 unspecified atom stereocenters. The highest BCUT2D eigenvalue weighted by Gasteiger charge is 2.21. The van der Waals surface area contributed by atoms with E-state index in [1.165, 1.54) is 22.1 Å². The van der Waals surface area contributed by atoms with E-state index in [0.717, 1.165) is 21.2 Å². The van der Waals surface area contributed by atoms with Crippen molar-refractivity contribution >= 4 is 33.8 Å². The van der Waals surface area contributed by atoms with E-state index in [2.05, 4.69) is 15.3 Å². The van der Waals surface area contributed by atoms with Gasteiger partial charge in [-0.25, -0.2) is 4.98 Å². The lowest BCUT2D eigenvalue weighted by Gasteiger charge is -2.14. The standard InChI is InChI=1S/C30H23N5O3S/c1-2-38-24-15-14-19-9-6-7-12-21(19)28(24)29(37)32-26-17-23(25-13-8-16-39-25)34-35(26)30-31-22(18-27(36)33-30)20-10-4-3-5-11-20/h3-18H,2H2,1H3,(H,32,37)(H,31,33,36). The SMILES string of the molecule is CCOc1ccc2ccccc2c1C(=O)Nc1cc(-c2cccs2)nn1-c1nc(-c2ccccc2)cc(=O)[nH]1. The lowest BCUT2D eigenvalue weighted by atomic mass is 10.0. The van der Waals surface area contributed by atoms with Gasteiger partial charge in [-0.2, -0.15) is 9.78 Å². The summed E-state index contributed by atoms with van der Waals surface area (Å²) in [6.45, 7) is 2.29. The number of ether oxygens (including phenoxy) is 1. The van der Waals surface area contributed by atoms with E-state index in [1.807, 2.05) is 85.1 Å². The third kappa shape index (κ3) is 4.83. The Bertz CT molecular complexity index is 1840. The molecular weight excluding hydrogens is 510 g/mol. The number of aromatic nitrogens is 4. The third-order valence-corrected chi connectivity index (χ3v) is 7.03. The van der Waals surface area contributed by atoms with Crippen LogP contribution in [-0.2, 0) is 0 Å². The second-order valence-corrected chi connectivity index (χ2v) is 9.62. The van der Waals surface area contributed by atoms with Crippen LogP contribution in [0.3, 0.4) is 0 Å². The van der Waals surface area contributed by atoms with Crippen LogP contribution in [0.4, 0.5) is 5.82 Å². The van der Waals surface area contributed by atoms with Crippen molar-refractivity contribution in [3.63, 3.8) is 0 Å². The van der Waals surface area contributed by atoms with Crippen LogP contribution in [0.1, 0.15) is 17.3 Å². The van der Waals surface area contributed by atoms with Crippen molar-refractivity contribution in [3.05, 3.63) is 112 Å². The highest BCUT2D eigenvalue weighted by molar-refractivity contribution is 7.13. The Balaban J connectivity index is 1.48. The fourth-order valence-corrected chi connectivity index (χ4v) is 5.10. The largest absolute Gasteiger partial charge is 0.493 e. The summed E-state index contributed by atoms with van der Waals surface area (Å²) in [4.78, 5) is 34.9. The van der Waals surface area contributed by atoms with Crippen molar-refractivity contribution in [1.29, 1.82) is 0 Å². The first kappa shape index (κ1) is 24.3. The molecule has 0 aliphatic rings. The maximum Gasteiger partial charge on any atom is 0.261 e. The fourth-order valence-electron chi connectivity index (χ4n) is 4.42. The van der Waals surface area contributed by atoms with Crippen molar-refractivity contribution in [2.24, 2.45) is 0 Å². The Morgan fingerprint density at radius 2 is 1.79 bits per heavy atom. The van der Waals surface area contributed by atoms with Gasteiger partial charge in [-0.15, -0.1) is 11.3 Å². The molecule has 2 N–H and O–H groups in total. The molecule has 0 aliphatic carbocycles.